The summed E-state index contributed by atoms with van der Waals surface area (Å²) >= 11 is 0. The third-order valence-corrected chi connectivity index (χ3v) is 6.82. The molecule has 0 fully saturated rings. The number of sulfonamides is 1. The third-order valence-electron chi connectivity index (χ3n) is 5.44. The van der Waals surface area contributed by atoms with Crippen molar-refractivity contribution in [1.82, 2.24) is 15.1 Å². The molecule has 10 heteroatoms. The Morgan fingerprint density at radius 3 is 2.26 bits per heavy atom. The quantitative estimate of drug-likeness (QED) is 0.386. The minimum Gasteiger partial charge on any atom is -0.345 e. The predicted molar refractivity (Wildman–Crippen MR) is 128 cm³/mol. The molecule has 0 saturated carbocycles. The Balaban J connectivity index is 1.50. The Morgan fingerprint density at radius 1 is 0.971 bits per heavy atom. The first-order valence-electron chi connectivity index (χ1n) is 10.6. The number of anilines is 1. The van der Waals surface area contributed by atoms with Crippen LogP contribution in [0.1, 0.15) is 34.6 Å². The molecule has 0 aliphatic heterocycles. The first-order valence-corrected chi connectivity index (χ1v) is 12.1. The van der Waals surface area contributed by atoms with E-state index in [4.69, 9.17) is 0 Å². The number of hydrogen-bond donors (Lipinski definition) is 2. The Morgan fingerprint density at radius 2 is 1.60 bits per heavy atom. The number of nitrogens with zero attached hydrogens (tertiary/aromatic N) is 2. The third kappa shape index (κ3) is 5.38. The Kier molecular flexibility index (Phi) is 6.65. The lowest BCUT2D eigenvalue weighted by molar-refractivity contribution is 0.0939. The van der Waals surface area contributed by atoms with Crippen LogP contribution >= 0.6 is 0 Å². The number of carbonyl (C=O) groups excluding carboxylic acids is 1. The van der Waals surface area contributed by atoms with E-state index in [9.17, 15) is 22.0 Å². The molecular formula is C25H22F2N4O3S. The van der Waals surface area contributed by atoms with Crippen molar-refractivity contribution in [2.45, 2.75) is 24.8 Å². The van der Waals surface area contributed by atoms with Crippen LogP contribution in [0.15, 0.2) is 83.9 Å². The zero-order valence-corrected chi connectivity index (χ0v) is 19.7. The van der Waals surface area contributed by atoms with Gasteiger partial charge >= 0.3 is 0 Å². The highest BCUT2D eigenvalue weighted by molar-refractivity contribution is 7.92. The van der Waals surface area contributed by atoms with E-state index < -0.39 is 27.8 Å². The van der Waals surface area contributed by atoms with Crippen molar-refractivity contribution in [1.29, 1.82) is 0 Å². The molecule has 0 aliphatic carbocycles. The summed E-state index contributed by atoms with van der Waals surface area (Å²) in [7, 11) is -3.99. The second-order valence-electron chi connectivity index (χ2n) is 7.91. The number of hydrogen-bond acceptors (Lipinski definition) is 4. The highest BCUT2D eigenvalue weighted by atomic mass is 32.2. The van der Waals surface area contributed by atoms with Crippen LogP contribution in [0.5, 0.6) is 0 Å². The van der Waals surface area contributed by atoms with Crippen LogP contribution in [0, 0.1) is 18.6 Å². The van der Waals surface area contributed by atoms with E-state index in [0.717, 1.165) is 23.4 Å². The second-order valence-corrected chi connectivity index (χ2v) is 9.59. The number of benzene rings is 3. The molecule has 7 nitrogen and oxygen atoms in total. The number of aromatic nitrogens is 2. The molecule has 0 spiro atoms. The average molecular weight is 497 g/mol. The monoisotopic (exact) mass is 496 g/mol. The van der Waals surface area contributed by atoms with Gasteiger partial charge in [-0.1, -0.05) is 6.07 Å². The van der Waals surface area contributed by atoms with E-state index in [1.807, 2.05) is 6.92 Å². The summed E-state index contributed by atoms with van der Waals surface area (Å²) in [4.78, 5) is 12.8. The van der Waals surface area contributed by atoms with Gasteiger partial charge in [0.05, 0.1) is 22.8 Å². The normalized spacial score (nSPS) is 12.2. The van der Waals surface area contributed by atoms with Gasteiger partial charge in [-0.15, -0.1) is 0 Å². The largest absolute Gasteiger partial charge is 0.345 e. The van der Waals surface area contributed by atoms with Gasteiger partial charge in [0.2, 0.25) is 0 Å². The van der Waals surface area contributed by atoms with Crippen molar-refractivity contribution >= 4 is 21.6 Å². The fourth-order valence-electron chi connectivity index (χ4n) is 3.58. The molecule has 1 unspecified atom stereocenters. The van der Waals surface area contributed by atoms with Gasteiger partial charge in [0.15, 0.2) is 0 Å². The number of nitrogens with one attached hydrogen (secondary N) is 2. The van der Waals surface area contributed by atoms with Crippen LogP contribution in [0.2, 0.25) is 0 Å². The topological polar surface area (TPSA) is 93.1 Å². The predicted octanol–water partition coefficient (Wildman–Crippen LogP) is 4.75. The van der Waals surface area contributed by atoms with Gasteiger partial charge in [-0.2, -0.15) is 5.10 Å². The van der Waals surface area contributed by atoms with E-state index in [0.29, 0.717) is 5.69 Å². The smallest absolute Gasteiger partial charge is 0.261 e. The molecule has 0 bridgehead atoms. The van der Waals surface area contributed by atoms with Gasteiger partial charge in [-0.25, -0.2) is 21.9 Å². The van der Waals surface area contributed by atoms with Crippen molar-refractivity contribution in [3.8, 4) is 5.69 Å². The number of rotatable bonds is 7. The molecule has 1 atom stereocenters. The molecule has 1 amide bonds. The Labute approximate surface area is 201 Å². The van der Waals surface area contributed by atoms with Gasteiger partial charge in [0, 0.05) is 22.5 Å². The maximum Gasteiger partial charge on any atom is 0.261 e. The number of carbonyl (C=O) groups is 1. The van der Waals surface area contributed by atoms with Crippen LogP contribution < -0.4 is 10.0 Å². The molecular weight excluding hydrogens is 474 g/mol. The van der Waals surface area contributed by atoms with Gasteiger partial charge in [-0.05, 0) is 80.6 Å². The molecule has 35 heavy (non-hydrogen) atoms. The van der Waals surface area contributed by atoms with Crippen LogP contribution in [0.25, 0.3) is 5.69 Å². The zero-order valence-electron chi connectivity index (χ0n) is 18.9. The molecule has 4 aromatic rings. The van der Waals surface area contributed by atoms with E-state index in [1.165, 1.54) is 48.5 Å². The van der Waals surface area contributed by atoms with Crippen molar-refractivity contribution in [2.24, 2.45) is 0 Å². The maximum absolute atomic E-state index is 13.2. The summed E-state index contributed by atoms with van der Waals surface area (Å²) < 4.78 is 55.8. The number of halogens is 2. The van der Waals surface area contributed by atoms with Crippen molar-refractivity contribution in [2.75, 3.05) is 4.72 Å². The van der Waals surface area contributed by atoms with E-state index in [2.05, 4.69) is 15.1 Å². The molecule has 2 N–H and O–H groups in total. The fraction of sp³-hybridized carbons (Fsp3) is 0.120. The summed E-state index contributed by atoms with van der Waals surface area (Å²) in [6.45, 7) is 3.62. The van der Waals surface area contributed by atoms with Crippen molar-refractivity contribution < 1.29 is 22.0 Å². The van der Waals surface area contributed by atoms with E-state index in [1.54, 1.807) is 29.9 Å². The Hall–Kier alpha value is -4.05. The number of amides is 1. The standard InChI is InChI=1S/C25H22F2N4O3S/c1-16(24-15-28-31(17(24)2)22-12-8-20(27)9-13-22)29-25(32)18-4-3-5-23(14-18)35(33,34)30-21-10-6-19(26)7-11-21/h3-16,30H,1-2H3,(H,29,32). The van der Waals surface area contributed by atoms with Crippen LogP contribution in [0.3, 0.4) is 0 Å². The fourth-order valence-corrected chi connectivity index (χ4v) is 4.69. The van der Waals surface area contributed by atoms with E-state index in [-0.39, 0.29) is 22.0 Å². The lowest BCUT2D eigenvalue weighted by atomic mass is 10.1. The first kappa shape index (κ1) is 24.1. The minimum absolute atomic E-state index is 0.109. The van der Waals surface area contributed by atoms with Gasteiger partial charge in [0.25, 0.3) is 15.9 Å². The summed E-state index contributed by atoms with van der Waals surface area (Å²) in [5.41, 5.74) is 2.56. The van der Waals surface area contributed by atoms with Crippen LogP contribution in [-0.4, -0.2) is 24.1 Å². The van der Waals surface area contributed by atoms with Crippen LogP contribution in [0.4, 0.5) is 14.5 Å². The highest BCUT2D eigenvalue weighted by Crippen LogP contribution is 2.22. The minimum atomic E-state index is -3.99. The van der Waals surface area contributed by atoms with Gasteiger partial charge in [-0.3, -0.25) is 9.52 Å². The summed E-state index contributed by atoms with van der Waals surface area (Å²) in [6, 6.07) is 16.0. The lowest BCUT2D eigenvalue weighted by Crippen LogP contribution is -2.27. The molecule has 0 radical (unpaired) electrons. The highest BCUT2D eigenvalue weighted by Gasteiger charge is 2.20. The molecule has 1 heterocycles. The molecule has 180 valence electrons. The Bertz CT molecular complexity index is 1470. The van der Waals surface area contributed by atoms with Gasteiger partial charge in [0.1, 0.15) is 11.6 Å². The zero-order chi connectivity index (χ0) is 25.2. The molecule has 3 aromatic carbocycles. The molecule has 0 saturated heterocycles. The SMILES string of the molecule is Cc1c(C(C)NC(=O)c2cccc(S(=O)(=O)Nc3ccc(F)cc3)c2)cnn1-c1ccc(F)cc1. The average Bonchev–Trinajstić information content (AvgIpc) is 3.22. The maximum atomic E-state index is 13.2. The summed E-state index contributed by atoms with van der Waals surface area (Å²) in [6.07, 6.45) is 1.62. The summed E-state index contributed by atoms with van der Waals surface area (Å²) in [5, 5.41) is 7.19. The van der Waals surface area contributed by atoms with E-state index >= 15 is 0 Å². The molecule has 4 rings (SSSR count). The molecule has 0 aliphatic rings. The van der Waals surface area contributed by atoms with Gasteiger partial charge < -0.3 is 5.32 Å². The first-order chi connectivity index (χ1) is 16.6. The second kappa shape index (κ2) is 9.67. The lowest BCUT2D eigenvalue weighted by Gasteiger charge is -2.15. The summed E-state index contributed by atoms with van der Waals surface area (Å²) in [5.74, 6) is -1.30. The van der Waals surface area contributed by atoms with Crippen molar-refractivity contribution in [3.63, 3.8) is 0 Å². The molecule has 1 aromatic heterocycles. The van der Waals surface area contributed by atoms with Crippen LogP contribution in [-0.2, 0) is 10.0 Å². The van der Waals surface area contributed by atoms with Crippen molar-refractivity contribution in [3.05, 3.63) is 107 Å².